The molecule has 0 unspecified atom stereocenters. The highest BCUT2D eigenvalue weighted by atomic mass is 32.2. The van der Waals surface area contributed by atoms with E-state index in [-0.39, 0.29) is 11.0 Å². The summed E-state index contributed by atoms with van der Waals surface area (Å²) in [4.78, 5) is 3.62. The average Bonchev–Trinajstić information content (AvgIpc) is 2.85. The van der Waals surface area contributed by atoms with E-state index in [1.54, 1.807) is 30.0 Å². The topological polar surface area (TPSA) is 52.9 Å². The molecule has 0 radical (unpaired) electrons. The summed E-state index contributed by atoms with van der Waals surface area (Å²) in [7, 11) is 0. The molecule has 5 heteroatoms. The van der Waals surface area contributed by atoms with Crippen molar-refractivity contribution in [3.63, 3.8) is 0 Å². The van der Waals surface area contributed by atoms with Gasteiger partial charge in [-0.25, -0.2) is 0 Å². The van der Waals surface area contributed by atoms with Gasteiger partial charge >= 0.3 is 0 Å². The van der Waals surface area contributed by atoms with Gasteiger partial charge in [0.05, 0.1) is 0 Å². The summed E-state index contributed by atoms with van der Waals surface area (Å²) in [5, 5.41) is 19.9. The first-order valence-corrected chi connectivity index (χ1v) is 12.8. The third-order valence-corrected chi connectivity index (χ3v) is 8.25. The minimum Gasteiger partial charge on any atom is -0.508 e. The summed E-state index contributed by atoms with van der Waals surface area (Å²) in [6.45, 7) is 4.11. The molecule has 0 bridgehead atoms. The van der Waals surface area contributed by atoms with Crippen molar-refractivity contribution in [1.82, 2.24) is 4.90 Å². The quantitative estimate of drug-likeness (QED) is 0.462. The molecule has 2 N–H and O–H groups in total. The molecule has 1 fully saturated rings. The van der Waals surface area contributed by atoms with Crippen LogP contribution in [-0.4, -0.2) is 41.4 Å². The molecule has 4 nitrogen and oxygen atoms in total. The van der Waals surface area contributed by atoms with Gasteiger partial charge < -0.3 is 14.9 Å². The first kappa shape index (κ1) is 22.2. The number of ether oxygens (including phenoxy) is 1. The zero-order chi connectivity index (χ0) is 22.6. The summed E-state index contributed by atoms with van der Waals surface area (Å²) in [6.07, 6.45) is 4.87. The maximum Gasteiger partial charge on any atom is 0.119 e. The Hall–Kier alpha value is -2.63. The van der Waals surface area contributed by atoms with Crippen LogP contribution in [0.4, 0.5) is 0 Å². The van der Waals surface area contributed by atoms with Crippen molar-refractivity contribution in [2.24, 2.45) is 0 Å². The monoisotopic (exact) mass is 461 g/mol. The van der Waals surface area contributed by atoms with E-state index in [1.165, 1.54) is 49.0 Å². The fraction of sp³-hybridized carbons (Fsp3) is 0.357. The summed E-state index contributed by atoms with van der Waals surface area (Å²) < 4.78 is 6.04. The van der Waals surface area contributed by atoms with Gasteiger partial charge in [-0.1, -0.05) is 36.8 Å². The number of benzene rings is 3. The summed E-state index contributed by atoms with van der Waals surface area (Å²) in [6, 6.07) is 21.8. The molecule has 3 aromatic carbocycles. The average molecular weight is 462 g/mol. The van der Waals surface area contributed by atoms with Crippen LogP contribution in [-0.2, 0) is 6.42 Å². The lowest BCUT2D eigenvalue weighted by Gasteiger charge is -2.33. The lowest BCUT2D eigenvalue weighted by Crippen LogP contribution is -2.33. The molecule has 0 spiro atoms. The van der Waals surface area contributed by atoms with E-state index in [9.17, 15) is 10.2 Å². The molecule has 172 valence electrons. The number of likely N-dealkylation sites (tertiary alicyclic amines) is 1. The SMILES string of the molecule is Oc1ccc([C@H]2Sc3cc(O)ccc3C[C@H]2c2ccc(OCCN3CCCCC3)cc2)cc1. The van der Waals surface area contributed by atoms with Gasteiger partial charge in [-0.05, 0) is 85.4 Å². The highest BCUT2D eigenvalue weighted by Crippen LogP contribution is 2.52. The number of nitrogens with zero attached hydrogens (tertiary/aromatic N) is 1. The Kier molecular flexibility index (Phi) is 6.79. The van der Waals surface area contributed by atoms with Gasteiger partial charge in [0.1, 0.15) is 23.9 Å². The van der Waals surface area contributed by atoms with E-state index >= 15 is 0 Å². The van der Waals surface area contributed by atoms with E-state index in [1.807, 2.05) is 24.3 Å². The van der Waals surface area contributed by atoms with Crippen LogP contribution in [0.2, 0.25) is 0 Å². The van der Waals surface area contributed by atoms with Crippen LogP contribution in [0, 0.1) is 0 Å². The zero-order valence-electron chi connectivity index (χ0n) is 18.8. The van der Waals surface area contributed by atoms with Crippen molar-refractivity contribution >= 4 is 11.8 Å². The van der Waals surface area contributed by atoms with Crippen LogP contribution < -0.4 is 4.74 Å². The van der Waals surface area contributed by atoms with Crippen LogP contribution >= 0.6 is 11.8 Å². The smallest absolute Gasteiger partial charge is 0.119 e. The van der Waals surface area contributed by atoms with E-state index < -0.39 is 0 Å². The molecule has 2 aliphatic rings. The van der Waals surface area contributed by atoms with Crippen molar-refractivity contribution in [2.45, 2.75) is 41.7 Å². The van der Waals surface area contributed by atoms with E-state index in [4.69, 9.17) is 4.74 Å². The molecule has 0 amide bonds. The molecular formula is C28H31NO3S. The first-order valence-electron chi connectivity index (χ1n) is 11.9. The number of thioether (sulfide) groups is 1. The third-order valence-electron chi connectivity index (χ3n) is 6.76. The van der Waals surface area contributed by atoms with Crippen molar-refractivity contribution in [3.05, 3.63) is 83.4 Å². The maximum atomic E-state index is 9.99. The number of hydrogen-bond donors (Lipinski definition) is 2. The van der Waals surface area contributed by atoms with E-state index in [0.717, 1.165) is 30.2 Å². The number of fused-ring (bicyclic) bond motifs is 1. The predicted molar refractivity (Wildman–Crippen MR) is 133 cm³/mol. The minimum atomic E-state index is 0.200. The van der Waals surface area contributed by atoms with Gasteiger partial charge in [0.25, 0.3) is 0 Å². The first-order chi connectivity index (χ1) is 16.2. The van der Waals surface area contributed by atoms with Crippen molar-refractivity contribution in [3.8, 4) is 17.2 Å². The second-order valence-corrected chi connectivity index (χ2v) is 10.2. The molecule has 0 aliphatic carbocycles. The molecule has 5 rings (SSSR count). The Labute approximate surface area is 200 Å². The van der Waals surface area contributed by atoms with Gasteiger partial charge in [-0.15, -0.1) is 11.8 Å². The molecule has 2 heterocycles. The number of rotatable bonds is 6. The Morgan fingerprint density at radius 2 is 1.52 bits per heavy atom. The summed E-state index contributed by atoms with van der Waals surface area (Å²) in [5.41, 5.74) is 3.72. The van der Waals surface area contributed by atoms with Gasteiger partial charge in [0.2, 0.25) is 0 Å². The normalized spacial score (nSPS) is 20.8. The fourth-order valence-electron chi connectivity index (χ4n) is 4.93. The highest BCUT2D eigenvalue weighted by molar-refractivity contribution is 7.99. The molecule has 3 aromatic rings. The zero-order valence-corrected chi connectivity index (χ0v) is 19.6. The van der Waals surface area contributed by atoms with Crippen molar-refractivity contribution < 1.29 is 14.9 Å². The minimum absolute atomic E-state index is 0.200. The lowest BCUT2D eigenvalue weighted by atomic mass is 9.85. The second-order valence-electron chi connectivity index (χ2n) is 9.05. The highest BCUT2D eigenvalue weighted by Gasteiger charge is 2.32. The summed E-state index contributed by atoms with van der Waals surface area (Å²) >= 11 is 1.79. The Morgan fingerprint density at radius 1 is 0.818 bits per heavy atom. The van der Waals surface area contributed by atoms with Crippen LogP contribution in [0.15, 0.2) is 71.6 Å². The van der Waals surface area contributed by atoms with E-state index in [2.05, 4.69) is 29.2 Å². The Bertz CT molecular complexity index is 1060. The predicted octanol–water partition coefficient (Wildman–Crippen LogP) is 6.14. The standard InChI is InChI=1S/C28H31NO3S/c30-23-9-4-21(5-10-23)28-26(18-22-6-11-24(31)19-27(22)33-28)20-7-12-25(13-8-20)32-17-16-29-14-2-1-3-15-29/h4-13,19,26,28,30-31H,1-3,14-18H2/t26-,28+/m0/s1. The largest absolute Gasteiger partial charge is 0.508 e. The molecule has 1 saturated heterocycles. The van der Waals surface area contributed by atoms with Gasteiger partial charge in [-0.3, -0.25) is 4.90 Å². The maximum absolute atomic E-state index is 9.99. The van der Waals surface area contributed by atoms with Crippen LogP contribution in [0.1, 0.15) is 47.1 Å². The number of phenolic OH excluding ortho intramolecular Hbond substituents is 2. The van der Waals surface area contributed by atoms with Crippen molar-refractivity contribution in [2.75, 3.05) is 26.2 Å². The van der Waals surface area contributed by atoms with Gasteiger partial charge in [0, 0.05) is 22.6 Å². The number of hydrogen-bond acceptors (Lipinski definition) is 5. The Morgan fingerprint density at radius 3 is 2.27 bits per heavy atom. The summed E-state index contributed by atoms with van der Waals surface area (Å²) in [5.74, 6) is 1.79. The molecule has 0 saturated carbocycles. The fourth-order valence-corrected chi connectivity index (χ4v) is 6.40. The molecule has 0 aromatic heterocycles. The van der Waals surface area contributed by atoms with Gasteiger partial charge in [0.15, 0.2) is 0 Å². The van der Waals surface area contributed by atoms with Crippen LogP contribution in [0.5, 0.6) is 17.2 Å². The molecule has 2 atom stereocenters. The van der Waals surface area contributed by atoms with E-state index in [0.29, 0.717) is 11.7 Å². The number of piperidine rings is 1. The Balaban J connectivity index is 1.32. The molecule has 2 aliphatic heterocycles. The second kappa shape index (κ2) is 10.1. The van der Waals surface area contributed by atoms with Crippen molar-refractivity contribution in [1.29, 1.82) is 0 Å². The van der Waals surface area contributed by atoms with Crippen LogP contribution in [0.25, 0.3) is 0 Å². The molecule has 33 heavy (non-hydrogen) atoms. The van der Waals surface area contributed by atoms with Crippen LogP contribution in [0.3, 0.4) is 0 Å². The number of aromatic hydroxyl groups is 2. The number of phenols is 2. The third kappa shape index (κ3) is 5.31. The van der Waals surface area contributed by atoms with Gasteiger partial charge in [-0.2, -0.15) is 0 Å². The lowest BCUT2D eigenvalue weighted by molar-refractivity contribution is 0.183. The molecular weight excluding hydrogens is 430 g/mol.